The first kappa shape index (κ1) is 48.2. The molecular formula is C46H46Cl2N10O5S2. The number of aromatic nitrogens is 8. The molecule has 0 aliphatic carbocycles. The molecule has 0 aliphatic heterocycles. The number of nitrogens with two attached hydrogens (primary N) is 1. The van der Waals surface area contributed by atoms with Crippen LogP contribution in [0, 0.1) is 27.7 Å². The third kappa shape index (κ3) is 12.3. The van der Waals surface area contributed by atoms with Gasteiger partial charge in [0.1, 0.15) is 10.0 Å². The first-order valence-electron chi connectivity index (χ1n) is 20.0. The zero-order chi connectivity index (χ0) is 47.1. The number of carboxylic acid groups (broad SMARTS) is 1. The summed E-state index contributed by atoms with van der Waals surface area (Å²) in [7, 11) is 0. The van der Waals surface area contributed by atoms with E-state index in [-0.39, 0.29) is 22.3 Å². The van der Waals surface area contributed by atoms with Crippen LogP contribution in [-0.2, 0) is 10.8 Å². The van der Waals surface area contributed by atoms with Crippen LogP contribution in [-0.4, -0.2) is 70.3 Å². The predicted molar refractivity (Wildman–Crippen MR) is 254 cm³/mol. The number of pyridine rings is 2. The van der Waals surface area contributed by atoms with Crippen LogP contribution in [0.25, 0.3) is 45.3 Å². The van der Waals surface area contributed by atoms with Gasteiger partial charge in [0.2, 0.25) is 23.4 Å². The molecule has 6 heterocycles. The van der Waals surface area contributed by atoms with Crippen LogP contribution in [0.3, 0.4) is 0 Å². The van der Waals surface area contributed by atoms with Gasteiger partial charge < -0.3 is 25.2 Å². The van der Waals surface area contributed by atoms with Crippen LogP contribution in [0.5, 0.6) is 0 Å². The number of thiazole rings is 2. The fraction of sp³-hybridized carbons (Fsp3) is 0.261. The zero-order valence-electron chi connectivity index (χ0n) is 36.8. The molecule has 0 atom stereocenters. The van der Waals surface area contributed by atoms with Crippen molar-refractivity contribution in [3.63, 3.8) is 0 Å². The molecule has 0 unspecified atom stereocenters. The Bertz CT molecular complexity index is 2910. The summed E-state index contributed by atoms with van der Waals surface area (Å²) in [6.07, 6.45) is 2.85. The number of carboxylic acids is 1. The smallest absolute Gasteiger partial charge is 0.337 e. The molecule has 0 fully saturated rings. The largest absolute Gasteiger partial charge is 0.478 e. The first-order chi connectivity index (χ1) is 30.8. The van der Waals surface area contributed by atoms with Crippen molar-refractivity contribution in [1.29, 1.82) is 0 Å². The highest BCUT2D eigenvalue weighted by Crippen LogP contribution is 2.32. The quantitative estimate of drug-likeness (QED) is 0.110. The second-order valence-corrected chi connectivity index (χ2v) is 18.6. The highest BCUT2D eigenvalue weighted by atomic mass is 35.5. The second kappa shape index (κ2) is 20.7. The number of rotatable bonds is 11. The molecule has 0 saturated carbocycles. The second-order valence-electron chi connectivity index (χ2n) is 16.0. The van der Waals surface area contributed by atoms with Crippen molar-refractivity contribution in [2.24, 2.45) is 5.73 Å². The normalized spacial score (nSPS) is 11.3. The average molecular weight is 954 g/mol. The summed E-state index contributed by atoms with van der Waals surface area (Å²) in [6.45, 7) is 16.3. The van der Waals surface area contributed by atoms with Gasteiger partial charge in [-0.1, -0.05) is 85.5 Å². The molecule has 0 spiro atoms. The van der Waals surface area contributed by atoms with Gasteiger partial charge in [0.25, 0.3) is 5.91 Å². The van der Waals surface area contributed by atoms with Crippen LogP contribution in [0.4, 0.5) is 0 Å². The van der Waals surface area contributed by atoms with E-state index in [1.807, 2.05) is 60.8 Å². The summed E-state index contributed by atoms with van der Waals surface area (Å²) in [6, 6.07) is 18.5. The number of benzene rings is 2. The molecule has 19 heteroatoms. The Morgan fingerprint density at radius 1 is 0.677 bits per heavy atom. The number of halogens is 2. The monoisotopic (exact) mass is 952 g/mol. The van der Waals surface area contributed by atoms with E-state index in [1.54, 1.807) is 55.7 Å². The number of nitrogens with one attached hydrogen (secondary N) is 1. The summed E-state index contributed by atoms with van der Waals surface area (Å²) >= 11 is 15.1. The van der Waals surface area contributed by atoms with Crippen LogP contribution in [0.15, 0.2) is 92.9 Å². The minimum absolute atomic E-state index is 0.0602. The summed E-state index contributed by atoms with van der Waals surface area (Å²) in [4.78, 5) is 49.6. The van der Waals surface area contributed by atoms with Gasteiger partial charge in [-0.15, -0.1) is 22.7 Å². The minimum atomic E-state index is -1.03. The van der Waals surface area contributed by atoms with E-state index in [1.165, 1.54) is 12.3 Å². The maximum absolute atomic E-state index is 12.8. The topological polar surface area (TPSA) is 222 Å². The molecule has 336 valence electrons. The maximum Gasteiger partial charge on any atom is 0.337 e. The van der Waals surface area contributed by atoms with E-state index in [2.05, 4.69) is 73.6 Å². The Balaban J connectivity index is 0.000000178. The highest BCUT2D eigenvalue weighted by Gasteiger charge is 2.27. The summed E-state index contributed by atoms with van der Waals surface area (Å²) in [5.41, 5.74) is 12.5. The van der Waals surface area contributed by atoms with Crippen molar-refractivity contribution >= 4 is 57.8 Å². The van der Waals surface area contributed by atoms with Crippen molar-refractivity contribution in [3.8, 4) is 45.3 Å². The van der Waals surface area contributed by atoms with Crippen molar-refractivity contribution in [2.45, 2.75) is 66.2 Å². The van der Waals surface area contributed by atoms with Gasteiger partial charge in [-0.05, 0) is 50.2 Å². The van der Waals surface area contributed by atoms with Crippen molar-refractivity contribution < 1.29 is 23.7 Å². The summed E-state index contributed by atoms with van der Waals surface area (Å²) in [5, 5.41) is 27.0. The SMILES string of the molecule is CC(C)(CN)c1nc(-c2ccc(Cl)cc2)cs1.Cc1nc(-c2cc(C(=O)NCC(C)(C)c3nc(-c4ccc(Cl)cc4)cs3)cnc2C)no1.Cc1nc(-c2cc(C(=O)O)cnc2C)no1. The van der Waals surface area contributed by atoms with Gasteiger partial charge >= 0.3 is 5.97 Å². The standard InChI is InChI=1S/C23H22ClN5O2S.C13H15ClN2S.C10H9N3O3/c1-13-18(20-27-14(2)31-29-20)9-16(10-25-13)21(30)26-12-23(3,4)22-28-19(11-32-22)15-5-7-17(24)8-6-15;1-13(2,8-15)12-16-11(7-17-12)9-3-5-10(14)6-4-9;1-5-8(9-12-6(2)16-13-9)3-7(4-11-5)10(14)15/h5-11H,12H2,1-4H3,(H,26,30);3-7H,8,15H2,1-2H3;3-4H,1-2H3,(H,14,15). The third-order valence-electron chi connectivity index (χ3n) is 9.87. The third-order valence-corrected chi connectivity index (χ3v) is 12.8. The van der Waals surface area contributed by atoms with Gasteiger partial charge in [0.05, 0.1) is 22.5 Å². The predicted octanol–water partition coefficient (Wildman–Crippen LogP) is 10.4. The van der Waals surface area contributed by atoms with E-state index < -0.39 is 5.97 Å². The molecule has 15 nitrogen and oxygen atoms in total. The van der Waals surface area contributed by atoms with Crippen LogP contribution in [0.1, 0.15) is 81.6 Å². The number of carbonyl (C=O) groups is 2. The first-order valence-corrected chi connectivity index (χ1v) is 22.5. The highest BCUT2D eigenvalue weighted by molar-refractivity contribution is 7.10. The lowest BCUT2D eigenvalue weighted by molar-refractivity contribution is 0.0696. The Kier molecular flexibility index (Phi) is 15.4. The molecule has 4 N–H and O–H groups in total. The molecule has 2 aromatic carbocycles. The average Bonchev–Trinajstić information content (AvgIpc) is 4.13. The molecule has 0 bridgehead atoms. The van der Waals surface area contributed by atoms with Gasteiger partial charge in [0, 0.05) is 105 Å². The fourth-order valence-electron chi connectivity index (χ4n) is 5.82. The van der Waals surface area contributed by atoms with Gasteiger partial charge in [-0.25, -0.2) is 14.8 Å². The van der Waals surface area contributed by atoms with Crippen LogP contribution >= 0.6 is 45.9 Å². The molecule has 0 aliphatic rings. The van der Waals surface area contributed by atoms with E-state index in [0.717, 1.165) is 43.2 Å². The zero-order valence-corrected chi connectivity index (χ0v) is 39.9. The Morgan fingerprint density at radius 2 is 1.11 bits per heavy atom. The lowest BCUT2D eigenvalue weighted by Gasteiger charge is -2.22. The van der Waals surface area contributed by atoms with Gasteiger partial charge in [0.15, 0.2) is 0 Å². The Morgan fingerprint density at radius 3 is 1.52 bits per heavy atom. The van der Waals surface area contributed by atoms with Gasteiger partial charge in [-0.2, -0.15) is 9.97 Å². The summed E-state index contributed by atoms with van der Waals surface area (Å²) in [5.74, 6) is 0.397. The Labute approximate surface area is 393 Å². The number of amides is 1. The van der Waals surface area contributed by atoms with E-state index in [0.29, 0.717) is 63.9 Å². The number of hydrogen-bond donors (Lipinski definition) is 3. The van der Waals surface area contributed by atoms with E-state index in [4.69, 9.17) is 48.1 Å². The maximum atomic E-state index is 12.8. The Hall–Kier alpha value is -6.24. The van der Waals surface area contributed by atoms with Gasteiger partial charge in [-0.3, -0.25) is 14.8 Å². The molecule has 65 heavy (non-hydrogen) atoms. The van der Waals surface area contributed by atoms with Crippen molar-refractivity contribution in [3.05, 3.63) is 138 Å². The number of hydrogen-bond acceptors (Lipinski definition) is 15. The number of nitrogens with zero attached hydrogens (tertiary/aromatic N) is 8. The molecule has 8 rings (SSSR count). The number of carbonyl (C=O) groups excluding carboxylic acids is 1. The van der Waals surface area contributed by atoms with Crippen molar-refractivity contribution in [2.75, 3.05) is 13.1 Å². The molecule has 8 aromatic rings. The van der Waals surface area contributed by atoms with Crippen LogP contribution in [0.2, 0.25) is 10.0 Å². The molecular weight excluding hydrogens is 908 g/mol. The number of aromatic carboxylic acids is 1. The molecule has 1 amide bonds. The van der Waals surface area contributed by atoms with Crippen LogP contribution < -0.4 is 11.1 Å². The lowest BCUT2D eigenvalue weighted by atomic mass is 9.94. The number of aryl methyl sites for hydroxylation is 4. The lowest BCUT2D eigenvalue weighted by Crippen LogP contribution is -2.36. The summed E-state index contributed by atoms with van der Waals surface area (Å²) < 4.78 is 9.89. The van der Waals surface area contributed by atoms with E-state index in [9.17, 15) is 9.59 Å². The minimum Gasteiger partial charge on any atom is -0.478 e. The molecule has 6 aromatic heterocycles. The van der Waals surface area contributed by atoms with Crippen molar-refractivity contribution in [1.82, 2.24) is 45.5 Å². The molecule has 0 saturated heterocycles. The fourth-order valence-corrected chi connectivity index (χ4v) is 7.99. The molecule has 0 radical (unpaired) electrons. The van der Waals surface area contributed by atoms with E-state index >= 15 is 0 Å².